The first-order valence-electron chi connectivity index (χ1n) is 10.9. The number of carbonyl (C=O) groups is 2. The lowest BCUT2D eigenvalue weighted by molar-refractivity contribution is -0.126. The minimum Gasteiger partial charge on any atom is -0.356 e. The van der Waals surface area contributed by atoms with Crippen LogP contribution in [-0.2, 0) is 4.79 Å². The molecule has 1 aromatic heterocycles. The molecule has 0 saturated carbocycles. The lowest BCUT2D eigenvalue weighted by atomic mass is 9.96. The van der Waals surface area contributed by atoms with Crippen LogP contribution in [0.5, 0.6) is 0 Å². The third-order valence-electron chi connectivity index (χ3n) is 5.73. The Morgan fingerprint density at radius 1 is 1.23 bits per heavy atom. The standard InChI is InChI=1S/C23H31FN4O2/c1-3-4-5-8-13-25-22(29)18-10-9-14-27(16-18)23(30)19-15-26-28(17(19)2)21-12-7-6-11-20(21)24/h6-7,11-12,15,18H,3-5,8-10,13-14,16H2,1-2H3,(H,25,29). The predicted octanol–water partition coefficient (Wildman–Crippen LogP) is 3.87. The van der Waals surface area contributed by atoms with Crippen LogP contribution in [0.25, 0.3) is 5.69 Å². The largest absolute Gasteiger partial charge is 0.356 e. The minimum atomic E-state index is -0.392. The first-order valence-corrected chi connectivity index (χ1v) is 10.9. The van der Waals surface area contributed by atoms with Crippen LogP contribution in [0.15, 0.2) is 30.5 Å². The Bertz CT molecular complexity index is 880. The zero-order valence-corrected chi connectivity index (χ0v) is 17.9. The molecular formula is C23H31FN4O2. The first-order chi connectivity index (χ1) is 14.5. The number of rotatable bonds is 8. The highest BCUT2D eigenvalue weighted by Gasteiger charge is 2.30. The van der Waals surface area contributed by atoms with Gasteiger partial charge in [0.05, 0.1) is 23.4 Å². The molecule has 1 fully saturated rings. The van der Waals surface area contributed by atoms with Gasteiger partial charge in [-0.1, -0.05) is 38.3 Å². The fourth-order valence-corrected chi connectivity index (χ4v) is 3.94. The number of nitrogens with one attached hydrogen (secondary N) is 1. The van der Waals surface area contributed by atoms with E-state index in [1.54, 1.807) is 30.0 Å². The molecular weight excluding hydrogens is 383 g/mol. The van der Waals surface area contributed by atoms with Gasteiger partial charge < -0.3 is 10.2 Å². The number of unbranched alkanes of at least 4 members (excludes halogenated alkanes) is 3. The Kier molecular flexibility index (Phi) is 7.60. The third kappa shape index (κ3) is 5.07. The van der Waals surface area contributed by atoms with Crippen molar-refractivity contribution in [3.8, 4) is 5.69 Å². The van der Waals surface area contributed by atoms with E-state index in [0.29, 0.717) is 36.6 Å². The lowest BCUT2D eigenvalue weighted by Gasteiger charge is -2.32. The van der Waals surface area contributed by atoms with E-state index in [2.05, 4.69) is 17.3 Å². The van der Waals surface area contributed by atoms with Gasteiger partial charge >= 0.3 is 0 Å². The van der Waals surface area contributed by atoms with Crippen molar-refractivity contribution >= 4 is 11.8 Å². The summed E-state index contributed by atoms with van der Waals surface area (Å²) in [4.78, 5) is 27.3. The van der Waals surface area contributed by atoms with E-state index in [4.69, 9.17) is 0 Å². The van der Waals surface area contributed by atoms with Crippen molar-refractivity contribution in [2.24, 2.45) is 5.92 Å². The highest BCUT2D eigenvalue weighted by Crippen LogP contribution is 2.22. The molecule has 162 valence electrons. The molecule has 1 aromatic carbocycles. The summed E-state index contributed by atoms with van der Waals surface area (Å²) < 4.78 is 15.6. The first kappa shape index (κ1) is 22.0. The van der Waals surface area contributed by atoms with Gasteiger partial charge in [-0.05, 0) is 38.3 Å². The van der Waals surface area contributed by atoms with Crippen molar-refractivity contribution in [2.75, 3.05) is 19.6 Å². The van der Waals surface area contributed by atoms with E-state index < -0.39 is 5.82 Å². The number of piperidine rings is 1. The number of aromatic nitrogens is 2. The summed E-state index contributed by atoms with van der Waals surface area (Å²) in [5.41, 5.74) is 1.35. The van der Waals surface area contributed by atoms with Crippen molar-refractivity contribution in [3.63, 3.8) is 0 Å². The van der Waals surface area contributed by atoms with Crippen molar-refractivity contribution in [2.45, 2.75) is 52.4 Å². The number of hydrogen-bond acceptors (Lipinski definition) is 3. The average Bonchev–Trinajstić information content (AvgIpc) is 3.14. The molecule has 1 saturated heterocycles. The number of likely N-dealkylation sites (tertiary alicyclic amines) is 1. The zero-order valence-electron chi connectivity index (χ0n) is 17.9. The Hall–Kier alpha value is -2.70. The van der Waals surface area contributed by atoms with Gasteiger partial charge in [0.15, 0.2) is 0 Å². The van der Waals surface area contributed by atoms with Crippen molar-refractivity contribution in [3.05, 3.63) is 47.5 Å². The number of benzene rings is 1. The Morgan fingerprint density at radius 2 is 2.03 bits per heavy atom. The summed E-state index contributed by atoms with van der Waals surface area (Å²) in [6, 6.07) is 6.35. The van der Waals surface area contributed by atoms with Crippen molar-refractivity contribution in [1.29, 1.82) is 0 Å². The molecule has 1 N–H and O–H groups in total. The Balaban J connectivity index is 1.63. The zero-order chi connectivity index (χ0) is 21.5. The molecule has 1 atom stereocenters. The summed E-state index contributed by atoms with van der Waals surface area (Å²) in [5, 5.41) is 7.25. The quantitative estimate of drug-likeness (QED) is 0.667. The van der Waals surface area contributed by atoms with Crippen LogP contribution in [0, 0.1) is 18.7 Å². The average molecular weight is 415 g/mol. The summed E-state index contributed by atoms with van der Waals surface area (Å²) in [6.45, 7) is 5.64. The molecule has 0 aliphatic carbocycles. The maximum Gasteiger partial charge on any atom is 0.257 e. The normalized spacial score (nSPS) is 16.5. The molecule has 0 radical (unpaired) electrons. The molecule has 2 amide bonds. The Morgan fingerprint density at radius 3 is 2.80 bits per heavy atom. The van der Waals surface area contributed by atoms with Crippen molar-refractivity contribution in [1.82, 2.24) is 20.0 Å². The van der Waals surface area contributed by atoms with Gasteiger partial charge in [0.2, 0.25) is 5.91 Å². The van der Waals surface area contributed by atoms with Crippen molar-refractivity contribution < 1.29 is 14.0 Å². The maximum atomic E-state index is 14.1. The fraction of sp³-hybridized carbons (Fsp3) is 0.522. The van der Waals surface area contributed by atoms with Crippen LogP contribution in [0.1, 0.15) is 61.5 Å². The summed E-state index contributed by atoms with van der Waals surface area (Å²) >= 11 is 0. The number of halogens is 1. The molecule has 30 heavy (non-hydrogen) atoms. The van der Waals surface area contributed by atoms with Gasteiger partial charge in [-0.25, -0.2) is 9.07 Å². The number of amides is 2. The van der Waals surface area contributed by atoms with Gasteiger partial charge in [-0.2, -0.15) is 5.10 Å². The number of para-hydroxylation sites is 1. The van der Waals surface area contributed by atoms with Gasteiger partial charge in [0.25, 0.3) is 5.91 Å². The maximum absolute atomic E-state index is 14.1. The van der Waals surface area contributed by atoms with E-state index in [9.17, 15) is 14.0 Å². The highest BCUT2D eigenvalue weighted by molar-refractivity contribution is 5.95. The van der Waals surface area contributed by atoms with Crippen LogP contribution in [0.4, 0.5) is 4.39 Å². The smallest absolute Gasteiger partial charge is 0.257 e. The fourth-order valence-electron chi connectivity index (χ4n) is 3.94. The van der Waals surface area contributed by atoms with E-state index in [0.717, 1.165) is 25.7 Å². The van der Waals surface area contributed by atoms with Crippen LogP contribution >= 0.6 is 0 Å². The molecule has 7 heteroatoms. The van der Waals surface area contributed by atoms with Gasteiger partial charge in [-0.3, -0.25) is 9.59 Å². The molecule has 1 aliphatic heterocycles. The van der Waals surface area contributed by atoms with E-state index in [-0.39, 0.29) is 17.7 Å². The van der Waals surface area contributed by atoms with Gasteiger partial charge in [0, 0.05) is 19.6 Å². The molecule has 0 spiro atoms. The van der Waals surface area contributed by atoms with E-state index >= 15 is 0 Å². The topological polar surface area (TPSA) is 67.2 Å². The van der Waals surface area contributed by atoms with Crippen LogP contribution in [0.3, 0.4) is 0 Å². The number of hydrogen-bond donors (Lipinski definition) is 1. The predicted molar refractivity (Wildman–Crippen MR) is 114 cm³/mol. The monoisotopic (exact) mass is 414 g/mol. The summed E-state index contributed by atoms with van der Waals surface area (Å²) in [5.74, 6) is -0.703. The second kappa shape index (κ2) is 10.4. The van der Waals surface area contributed by atoms with Gasteiger partial charge in [-0.15, -0.1) is 0 Å². The third-order valence-corrected chi connectivity index (χ3v) is 5.73. The van der Waals surface area contributed by atoms with Crippen LogP contribution < -0.4 is 5.32 Å². The number of carbonyl (C=O) groups excluding carboxylic acids is 2. The lowest BCUT2D eigenvalue weighted by Crippen LogP contribution is -2.45. The summed E-state index contributed by atoms with van der Waals surface area (Å²) in [6.07, 6.45) is 7.53. The second-order valence-corrected chi connectivity index (χ2v) is 7.95. The SMILES string of the molecule is CCCCCCNC(=O)C1CCCN(C(=O)c2cnn(-c3ccccc3F)c2C)C1. The molecule has 1 aliphatic rings. The highest BCUT2D eigenvalue weighted by atomic mass is 19.1. The molecule has 2 aromatic rings. The van der Waals surface area contributed by atoms with E-state index in [1.807, 2.05) is 0 Å². The molecule has 1 unspecified atom stereocenters. The molecule has 2 heterocycles. The molecule has 6 nitrogen and oxygen atoms in total. The number of nitrogens with zero attached hydrogens (tertiary/aromatic N) is 3. The Labute approximate surface area is 177 Å². The molecule has 3 rings (SSSR count). The second-order valence-electron chi connectivity index (χ2n) is 7.95. The van der Waals surface area contributed by atoms with Crippen LogP contribution in [-0.4, -0.2) is 46.1 Å². The summed E-state index contributed by atoms with van der Waals surface area (Å²) in [7, 11) is 0. The minimum absolute atomic E-state index is 0.0303. The van der Waals surface area contributed by atoms with E-state index in [1.165, 1.54) is 29.8 Å². The van der Waals surface area contributed by atoms with Gasteiger partial charge in [0.1, 0.15) is 11.5 Å². The molecule has 0 bridgehead atoms. The van der Waals surface area contributed by atoms with Crippen LogP contribution in [0.2, 0.25) is 0 Å².